The minimum absolute atomic E-state index is 0.233. The molecule has 1 aromatic carbocycles. The minimum atomic E-state index is -1.19. The third-order valence-electron chi connectivity index (χ3n) is 3.81. The first-order chi connectivity index (χ1) is 10.8. The van der Waals surface area contributed by atoms with Gasteiger partial charge in [0.05, 0.1) is 19.2 Å². The van der Waals surface area contributed by atoms with Gasteiger partial charge in [-0.2, -0.15) is 0 Å². The van der Waals surface area contributed by atoms with Gasteiger partial charge in [0.1, 0.15) is 10.9 Å². The number of aliphatic hydroxyl groups excluding tert-OH is 2. The summed E-state index contributed by atoms with van der Waals surface area (Å²) < 4.78 is 19.8. The van der Waals surface area contributed by atoms with Gasteiger partial charge in [-0.05, 0) is 39.2 Å². The number of hydrogen-bond donors (Lipinski definition) is 2. The molecule has 23 heavy (non-hydrogen) atoms. The van der Waals surface area contributed by atoms with Crippen LogP contribution in [0.4, 0.5) is 0 Å². The molecule has 6 heteroatoms. The number of rotatable bonds is 5. The Hall–Kier alpha value is -0.630. The third kappa shape index (κ3) is 5.45. The molecule has 0 radical (unpaired) electrons. The van der Waals surface area contributed by atoms with Crippen molar-refractivity contribution in [3.05, 3.63) is 35.9 Å². The average Bonchev–Trinajstić information content (AvgIpc) is 2.49. The van der Waals surface area contributed by atoms with Crippen LogP contribution in [0.2, 0.25) is 0 Å². The van der Waals surface area contributed by atoms with Crippen molar-refractivity contribution in [1.82, 2.24) is 4.31 Å². The predicted molar refractivity (Wildman–Crippen MR) is 90.9 cm³/mol. The summed E-state index contributed by atoms with van der Waals surface area (Å²) in [5, 5.41) is 19.2. The average molecular weight is 341 g/mol. The Morgan fingerprint density at radius 1 is 1.22 bits per heavy atom. The van der Waals surface area contributed by atoms with E-state index in [2.05, 4.69) is 0 Å². The van der Waals surface area contributed by atoms with Gasteiger partial charge in [-0.1, -0.05) is 30.3 Å². The first kappa shape index (κ1) is 18.7. The molecule has 0 amide bonds. The van der Waals surface area contributed by atoms with Gasteiger partial charge in [0.15, 0.2) is 6.29 Å². The zero-order valence-electron chi connectivity index (χ0n) is 14.0. The van der Waals surface area contributed by atoms with Crippen molar-refractivity contribution < 1.29 is 19.5 Å². The van der Waals surface area contributed by atoms with Crippen LogP contribution in [0.5, 0.6) is 0 Å². The van der Waals surface area contributed by atoms with Crippen LogP contribution in [0.15, 0.2) is 30.3 Å². The Morgan fingerprint density at radius 3 is 2.43 bits per heavy atom. The van der Waals surface area contributed by atoms with Crippen LogP contribution in [0, 0.1) is 0 Å². The molecule has 2 unspecified atom stereocenters. The number of benzene rings is 1. The topological polar surface area (TPSA) is 76.0 Å². The molecule has 2 rings (SSSR count). The molecule has 0 aliphatic carbocycles. The van der Waals surface area contributed by atoms with E-state index in [1.165, 1.54) is 0 Å². The van der Waals surface area contributed by atoms with Crippen LogP contribution in [0.1, 0.15) is 39.2 Å². The van der Waals surface area contributed by atoms with Crippen molar-refractivity contribution >= 4 is 11.4 Å². The molecule has 1 aromatic rings. The highest BCUT2D eigenvalue weighted by Gasteiger charge is 2.37. The number of nitrogens with zero attached hydrogens (tertiary/aromatic N) is 1. The summed E-state index contributed by atoms with van der Waals surface area (Å²) in [7, 11) is 0. The van der Waals surface area contributed by atoms with Gasteiger partial charge in [-0.25, -0.2) is 0 Å². The van der Waals surface area contributed by atoms with Crippen LogP contribution < -0.4 is 0 Å². The van der Waals surface area contributed by atoms with Crippen LogP contribution in [0.25, 0.3) is 0 Å². The molecular weight excluding hydrogens is 314 g/mol. The first-order valence-corrected chi connectivity index (χ1v) is 9.10. The second-order valence-electron chi connectivity index (χ2n) is 6.96. The highest BCUT2D eigenvalue weighted by Crippen LogP contribution is 2.26. The summed E-state index contributed by atoms with van der Waals surface area (Å²) >= 11 is -1.19. The fraction of sp³-hybridized carbons (Fsp3) is 0.647. The van der Waals surface area contributed by atoms with E-state index in [0.29, 0.717) is 25.9 Å². The van der Waals surface area contributed by atoms with E-state index in [4.69, 9.17) is 4.74 Å². The molecule has 5 nitrogen and oxygen atoms in total. The molecule has 0 aromatic heterocycles. The predicted octanol–water partition coefficient (Wildman–Crippen LogP) is 1.81. The van der Waals surface area contributed by atoms with Gasteiger partial charge in [0.25, 0.3) is 0 Å². The monoisotopic (exact) mass is 341 g/mol. The van der Waals surface area contributed by atoms with E-state index in [9.17, 15) is 14.8 Å². The molecule has 1 fully saturated rings. The maximum Gasteiger partial charge on any atom is 0.181 e. The van der Waals surface area contributed by atoms with Gasteiger partial charge in [0.2, 0.25) is 0 Å². The lowest BCUT2D eigenvalue weighted by atomic mass is 10.1. The molecule has 0 saturated carbocycles. The van der Waals surface area contributed by atoms with Crippen molar-refractivity contribution in [2.45, 2.75) is 63.4 Å². The van der Waals surface area contributed by atoms with Crippen molar-refractivity contribution in [2.24, 2.45) is 0 Å². The molecular formula is C17H27NO4S. The number of ether oxygens (including phenoxy) is 1. The summed E-state index contributed by atoms with van der Waals surface area (Å²) in [6.45, 7) is 6.86. The third-order valence-corrected chi connectivity index (χ3v) is 5.61. The molecule has 4 atom stereocenters. The Kier molecular flexibility index (Phi) is 6.48. The Bertz CT molecular complexity index is 479. The highest BCUT2D eigenvalue weighted by atomic mass is 32.2. The second kappa shape index (κ2) is 7.96. The Morgan fingerprint density at radius 2 is 1.87 bits per heavy atom. The minimum Gasteiger partial charge on any atom is -0.597 e. The van der Waals surface area contributed by atoms with E-state index < -0.39 is 23.8 Å². The quantitative estimate of drug-likeness (QED) is 0.799. The van der Waals surface area contributed by atoms with E-state index in [1.54, 1.807) is 0 Å². The maximum atomic E-state index is 12.9. The summed E-state index contributed by atoms with van der Waals surface area (Å²) in [5.74, 6) is 0. The molecule has 130 valence electrons. The zero-order valence-corrected chi connectivity index (χ0v) is 14.8. The largest absolute Gasteiger partial charge is 0.597 e. The normalized spacial score (nSPS) is 27.2. The lowest BCUT2D eigenvalue weighted by molar-refractivity contribution is -0.216. The number of aliphatic hydroxyl groups is 2. The SMILES string of the molecule is CC(C)(C)[S@+]([O-])N(Cc1ccccc1)C[C@@H]1CCC(O)C(O)O1. The van der Waals surface area contributed by atoms with E-state index in [1.807, 2.05) is 55.4 Å². The smallest absolute Gasteiger partial charge is 0.181 e. The van der Waals surface area contributed by atoms with Crippen LogP contribution in [-0.2, 0) is 22.6 Å². The molecule has 1 aliphatic rings. The molecule has 2 N–H and O–H groups in total. The molecule has 1 saturated heterocycles. The molecule has 0 spiro atoms. The van der Waals surface area contributed by atoms with Crippen molar-refractivity contribution in [3.8, 4) is 0 Å². The summed E-state index contributed by atoms with van der Waals surface area (Å²) in [6.07, 6.45) is -1.08. The Labute approximate surface area is 141 Å². The van der Waals surface area contributed by atoms with Gasteiger partial charge in [0, 0.05) is 11.4 Å². The molecule has 1 heterocycles. The van der Waals surface area contributed by atoms with Gasteiger partial charge < -0.3 is 19.5 Å². The van der Waals surface area contributed by atoms with Crippen LogP contribution in [-0.4, -0.2) is 48.9 Å². The van der Waals surface area contributed by atoms with Crippen molar-refractivity contribution in [2.75, 3.05) is 6.54 Å². The van der Waals surface area contributed by atoms with Crippen molar-refractivity contribution in [3.63, 3.8) is 0 Å². The van der Waals surface area contributed by atoms with Gasteiger partial charge in [-0.3, -0.25) is 0 Å². The van der Waals surface area contributed by atoms with Crippen LogP contribution >= 0.6 is 0 Å². The van der Waals surface area contributed by atoms with E-state index >= 15 is 0 Å². The standard InChI is InChI=1S/C17H27NO4S/c1-17(2,3)23(21)18(11-13-7-5-4-6-8-13)12-14-9-10-15(19)16(20)22-14/h4-8,14-16,19-20H,9-12H2,1-3H3/t14-,15?,16?,23-/m0/s1. The molecule has 1 aliphatic heterocycles. The fourth-order valence-electron chi connectivity index (χ4n) is 2.58. The maximum absolute atomic E-state index is 12.9. The Balaban J connectivity index is 2.07. The summed E-state index contributed by atoms with van der Waals surface area (Å²) in [4.78, 5) is 0. The summed E-state index contributed by atoms with van der Waals surface area (Å²) in [5.41, 5.74) is 1.08. The van der Waals surface area contributed by atoms with Crippen LogP contribution in [0.3, 0.4) is 0 Å². The summed E-state index contributed by atoms with van der Waals surface area (Å²) in [6, 6.07) is 9.90. The van der Waals surface area contributed by atoms with E-state index in [0.717, 1.165) is 5.56 Å². The van der Waals surface area contributed by atoms with E-state index in [-0.39, 0.29) is 10.9 Å². The lowest BCUT2D eigenvalue weighted by Gasteiger charge is -2.37. The zero-order chi connectivity index (χ0) is 17.0. The number of hydrogen-bond acceptors (Lipinski definition) is 5. The highest BCUT2D eigenvalue weighted by molar-refractivity contribution is 7.90. The molecule has 0 bridgehead atoms. The fourth-order valence-corrected chi connectivity index (χ4v) is 3.92. The van der Waals surface area contributed by atoms with Gasteiger partial charge >= 0.3 is 0 Å². The van der Waals surface area contributed by atoms with Crippen molar-refractivity contribution in [1.29, 1.82) is 0 Å². The first-order valence-electron chi connectivity index (χ1n) is 8.00. The second-order valence-corrected chi connectivity index (χ2v) is 9.20. The lowest BCUT2D eigenvalue weighted by Crippen LogP contribution is -2.49. The van der Waals surface area contributed by atoms with Gasteiger partial charge in [-0.15, -0.1) is 4.31 Å².